The Labute approximate surface area is 106 Å². The molecule has 96 valence electrons. The summed E-state index contributed by atoms with van der Waals surface area (Å²) >= 11 is 0. The van der Waals surface area contributed by atoms with E-state index in [4.69, 9.17) is 0 Å². The summed E-state index contributed by atoms with van der Waals surface area (Å²) in [6.07, 6.45) is 2.29. The van der Waals surface area contributed by atoms with Gasteiger partial charge in [0.05, 0.1) is 11.2 Å². The first-order chi connectivity index (χ1) is 8.78. The number of fused-ring (bicyclic) bond motifs is 1. The van der Waals surface area contributed by atoms with Crippen LogP contribution in [0.15, 0.2) is 18.2 Å². The van der Waals surface area contributed by atoms with E-state index in [0.29, 0.717) is 5.92 Å². The highest BCUT2D eigenvalue weighted by atomic mass is 19.1. The molecule has 0 spiro atoms. The van der Waals surface area contributed by atoms with Gasteiger partial charge < -0.3 is 4.90 Å². The van der Waals surface area contributed by atoms with Crippen molar-refractivity contribution in [2.75, 3.05) is 19.6 Å². The molecule has 0 atom stereocenters. The third kappa shape index (κ3) is 2.01. The van der Waals surface area contributed by atoms with Crippen molar-refractivity contribution in [2.24, 2.45) is 0 Å². The van der Waals surface area contributed by atoms with Crippen LogP contribution < -0.4 is 0 Å². The molecule has 1 N–H and O–H groups in total. The summed E-state index contributed by atoms with van der Waals surface area (Å²) in [5, 5.41) is 8.42. The molecule has 0 saturated carbocycles. The number of halogens is 1. The quantitative estimate of drug-likeness (QED) is 0.885. The highest BCUT2D eigenvalue weighted by Crippen LogP contribution is 2.31. The van der Waals surface area contributed by atoms with Crippen LogP contribution in [0.4, 0.5) is 4.39 Å². The molecule has 0 aliphatic carbocycles. The van der Waals surface area contributed by atoms with Crippen LogP contribution >= 0.6 is 0 Å². The number of nitrogens with zero attached hydrogens (tertiary/aromatic N) is 2. The Morgan fingerprint density at radius 2 is 2.17 bits per heavy atom. The normalized spacial score (nSPS) is 18.6. The number of benzene rings is 1. The molecule has 3 rings (SSSR count). The number of piperidine rings is 1. The van der Waals surface area contributed by atoms with Gasteiger partial charge in [-0.05, 0) is 50.7 Å². The van der Waals surface area contributed by atoms with Gasteiger partial charge in [-0.2, -0.15) is 5.10 Å². The van der Waals surface area contributed by atoms with Crippen molar-refractivity contribution in [1.29, 1.82) is 0 Å². The summed E-state index contributed by atoms with van der Waals surface area (Å²) < 4.78 is 13.1. The fourth-order valence-electron chi connectivity index (χ4n) is 2.85. The summed E-state index contributed by atoms with van der Waals surface area (Å²) in [4.78, 5) is 2.46. The van der Waals surface area contributed by atoms with Crippen molar-refractivity contribution in [3.63, 3.8) is 0 Å². The van der Waals surface area contributed by atoms with Gasteiger partial charge in [-0.25, -0.2) is 4.39 Å². The second kappa shape index (κ2) is 4.69. The summed E-state index contributed by atoms with van der Waals surface area (Å²) in [7, 11) is 0. The number of nitrogens with one attached hydrogen (secondary N) is 1. The van der Waals surface area contributed by atoms with Crippen LogP contribution in [0, 0.1) is 5.82 Å². The van der Waals surface area contributed by atoms with Crippen LogP contribution in [-0.4, -0.2) is 34.7 Å². The smallest absolute Gasteiger partial charge is 0.125 e. The third-order valence-corrected chi connectivity index (χ3v) is 3.98. The Bertz CT molecular complexity index is 541. The second-order valence-electron chi connectivity index (χ2n) is 5.01. The molecule has 2 aromatic rings. The summed E-state index contributed by atoms with van der Waals surface area (Å²) in [6, 6.07) is 4.88. The van der Waals surface area contributed by atoms with E-state index in [2.05, 4.69) is 22.0 Å². The number of hydrogen-bond donors (Lipinski definition) is 1. The van der Waals surface area contributed by atoms with Crippen LogP contribution in [-0.2, 0) is 0 Å². The average Bonchev–Trinajstić information content (AvgIpc) is 2.81. The number of aromatic amines is 1. The summed E-state index contributed by atoms with van der Waals surface area (Å²) in [6.45, 7) is 5.60. The standard InChI is InChI=1S/C14H18FN3/c1-2-18-7-5-10(6-8-18)14-12-4-3-11(15)9-13(12)16-17-14/h3-4,9-10H,2,5-8H2,1H3,(H,16,17). The van der Waals surface area contributed by atoms with E-state index in [0.717, 1.165) is 49.1 Å². The predicted octanol–water partition coefficient (Wildman–Crippen LogP) is 2.90. The molecule has 3 nitrogen and oxygen atoms in total. The van der Waals surface area contributed by atoms with Crippen molar-refractivity contribution < 1.29 is 4.39 Å². The Morgan fingerprint density at radius 3 is 2.89 bits per heavy atom. The molecule has 1 aliphatic rings. The minimum atomic E-state index is -0.210. The zero-order chi connectivity index (χ0) is 12.5. The summed E-state index contributed by atoms with van der Waals surface area (Å²) in [5.41, 5.74) is 1.92. The lowest BCUT2D eigenvalue weighted by Gasteiger charge is -2.30. The van der Waals surface area contributed by atoms with Gasteiger partial charge in [0.15, 0.2) is 0 Å². The van der Waals surface area contributed by atoms with Gasteiger partial charge in [0.25, 0.3) is 0 Å². The first-order valence-electron chi connectivity index (χ1n) is 6.64. The molecular formula is C14H18FN3. The number of hydrogen-bond acceptors (Lipinski definition) is 2. The van der Waals surface area contributed by atoms with Gasteiger partial charge in [-0.15, -0.1) is 0 Å². The van der Waals surface area contributed by atoms with Crippen LogP contribution in [0.3, 0.4) is 0 Å². The second-order valence-corrected chi connectivity index (χ2v) is 5.01. The number of likely N-dealkylation sites (tertiary alicyclic amines) is 1. The van der Waals surface area contributed by atoms with E-state index < -0.39 is 0 Å². The number of H-pyrrole nitrogens is 1. The average molecular weight is 247 g/mol. The minimum absolute atomic E-state index is 0.210. The lowest BCUT2D eigenvalue weighted by Crippen LogP contribution is -2.32. The Balaban J connectivity index is 1.87. The molecule has 0 radical (unpaired) electrons. The fraction of sp³-hybridized carbons (Fsp3) is 0.500. The Hall–Kier alpha value is -1.42. The van der Waals surface area contributed by atoms with Gasteiger partial charge in [0.1, 0.15) is 5.82 Å². The van der Waals surface area contributed by atoms with Crippen LogP contribution in [0.25, 0.3) is 10.9 Å². The van der Waals surface area contributed by atoms with E-state index in [1.165, 1.54) is 12.1 Å². The molecule has 2 heterocycles. The van der Waals surface area contributed by atoms with Gasteiger partial charge in [0, 0.05) is 11.3 Å². The molecule has 1 saturated heterocycles. The molecule has 18 heavy (non-hydrogen) atoms. The van der Waals surface area contributed by atoms with E-state index in [9.17, 15) is 4.39 Å². The van der Waals surface area contributed by atoms with E-state index in [-0.39, 0.29) is 5.82 Å². The lowest BCUT2D eigenvalue weighted by atomic mass is 9.91. The predicted molar refractivity (Wildman–Crippen MR) is 70.1 cm³/mol. The van der Waals surface area contributed by atoms with Crippen molar-refractivity contribution >= 4 is 10.9 Å². The molecular weight excluding hydrogens is 229 g/mol. The highest BCUT2D eigenvalue weighted by Gasteiger charge is 2.23. The molecule has 1 aromatic carbocycles. The highest BCUT2D eigenvalue weighted by molar-refractivity contribution is 5.81. The maximum Gasteiger partial charge on any atom is 0.125 e. The Kier molecular flexibility index (Phi) is 3.04. The molecule has 0 amide bonds. The van der Waals surface area contributed by atoms with Gasteiger partial charge >= 0.3 is 0 Å². The first kappa shape index (κ1) is 11.7. The molecule has 0 bridgehead atoms. The maximum absolute atomic E-state index is 13.1. The molecule has 4 heteroatoms. The summed E-state index contributed by atoms with van der Waals surface area (Å²) in [5.74, 6) is 0.297. The number of aromatic nitrogens is 2. The molecule has 1 aromatic heterocycles. The van der Waals surface area contributed by atoms with E-state index in [1.807, 2.05) is 6.07 Å². The maximum atomic E-state index is 13.1. The van der Waals surface area contributed by atoms with E-state index in [1.54, 1.807) is 0 Å². The lowest BCUT2D eigenvalue weighted by molar-refractivity contribution is 0.221. The van der Waals surface area contributed by atoms with Crippen molar-refractivity contribution in [2.45, 2.75) is 25.7 Å². The monoisotopic (exact) mass is 247 g/mol. The van der Waals surface area contributed by atoms with Crippen LogP contribution in [0.2, 0.25) is 0 Å². The van der Waals surface area contributed by atoms with Crippen LogP contribution in [0.5, 0.6) is 0 Å². The van der Waals surface area contributed by atoms with Crippen molar-refractivity contribution in [3.8, 4) is 0 Å². The first-order valence-corrected chi connectivity index (χ1v) is 6.64. The van der Waals surface area contributed by atoms with Crippen LogP contribution in [0.1, 0.15) is 31.4 Å². The number of rotatable bonds is 2. The van der Waals surface area contributed by atoms with Gasteiger partial charge in [-0.3, -0.25) is 5.10 Å². The zero-order valence-electron chi connectivity index (χ0n) is 10.6. The van der Waals surface area contributed by atoms with Crippen molar-refractivity contribution in [1.82, 2.24) is 15.1 Å². The third-order valence-electron chi connectivity index (χ3n) is 3.98. The Morgan fingerprint density at radius 1 is 1.39 bits per heavy atom. The largest absolute Gasteiger partial charge is 0.304 e. The topological polar surface area (TPSA) is 31.9 Å². The fourth-order valence-corrected chi connectivity index (χ4v) is 2.85. The SMILES string of the molecule is CCN1CCC(c2n[nH]c3cc(F)ccc23)CC1. The van der Waals surface area contributed by atoms with Gasteiger partial charge in [0.2, 0.25) is 0 Å². The molecule has 1 aliphatic heterocycles. The molecule has 0 unspecified atom stereocenters. The van der Waals surface area contributed by atoms with Gasteiger partial charge in [-0.1, -0.05) is 6.92 Å². The van der Waals surface area contributed by atoms with E-state index >= 15 is 0 Å². The molecule has 1 fully saturated rings. The zero-order valence-corrected chi connectivity index (χ0v) is 10.6. The van der Waals surface area contributed by atoms with Crippen molar-refractivity contribution in [3.05, 3.63) is 29.7 Å². The minimum Gasteiger partial charge on any atom is -0.304 e.